The Bertz CT molecular complexity index is 653. The van der Waals surface area contributed by atoms with Gasteiger partial charge in [-0.25, -0.2) is 13.2 Å². The molecule has 0 saturated carbocycles. The molecule has 110 valence electrons. The van der Waals surface area contributed by atoms with Crippen molar-refractivity contribution in [1.29, 1.82) is 0 Å². The summed E-state index contributed by atoms with van der Waals surface area (Å²) in [6.07, 6.45) is 0. The highest BCUT2D eigenvalue weighted by Gasteiger charge is 2.16. The van der Waals surface area contributed by atoms with Crippen LogP contribution in [0.1, 0.15) is 17.3 Å². The highest BCUT2D eigenvalue weighted by atomic mass is 32.2. The van der Waals surface area contributed by atoms with Crippen molar-refractivity contribution >= 4 is 23.4 Å². The van der Waals surface area contributed by atoms with Crippen molar-refractivity contribution in [1.82, 2.24) is 0 Å². The van der Waals surface area contributed by atoms with Crippen molar-refractivity contribution in [2.45, 2.75) is 11.8 Å². The molecule has 1 N–H and O–H groups in total. The lowest BCUT2D eigenvalue weighted by Gasteiger charge is -2.10. The van der Waals surface area contributed by atoms with Gasteiger partial charge in [-0.2, -0.15) is 0 Å². The van der Waals surface area contributed by atoms with E-state index in [9.17, 15) is 18.0 Å². The molecular formula is C15H12F3NOS. The van der Waals surface area contributed by atoms with Gasteiger partial charge in [-0.15, -0.1) is 11.8 Å². The molecule has 1 amide bonds. The Morgan fingerprint density at radius 2 is 1.76 bits per heavy atom. The van der Waals surface area contributed by atoms with Crippen LogP contribution in [0.4, 0.5) is 18.9 Å². The average molecular weight is 311 g/mol. The predicted octanol–water partition coefficient (Wildman–Crippen LogP) is 4.47. The molecule has 0 unspecified atom stereocenters. The fraction of sp³-hybridized carbons (Fsp3) is 0.133. The summed E-state index contributed by atoms with van der Waals surface area (Å²) in [5.41, 5.74) is 0.266. The highest BCUT2D eigenvalue weighted by Crippen LogP contribution is 2.27. The zero-order chi connectivity index (χ0) is 15.4. The van der Waals surface area contributed by atoms with E-state index in [2.05, 4.69) is 5.32 Å². The number of carbonyl (C=O) groups is 1. The molecule has 0 atom stereocenters. The fourth-order valence-electron chi connectivity index (χ4n) is 1.73. The third kappa shape index (κ3) is 3.58. The Hall–Kier alpha value is -1.95. The van der Waals surface area contributed by atoms with Crippen LogP contribution in [0.5, 0.6) is 0 Å². The van der Waals surface area contributed by atoms with Crippen LogP contribution >= 0.6 is 11.8 Å². The molecule has 0 aliphatic carbocycles. The molecule has 2 aromatic rings. The number of amides is 1. The number of hydrogen-bond acceptors (Lipinski definition) is 2. The molecule has 0 fully saturated rings. The highest BCUT2D eigenvalue weighted by molar-refractivity contribution is 7.99. The van der Waals surface area contributed by atoms with Crippen LogP contribution in [-0.2, 0) is 0 Å². The molecule has 2 nitrogen and oxygen atoms in total. The van der Waals surface area contributed by atoms with Gasteiger partial charge in [0.05, 0.1) is 5.69 Å². The Morgan fingerprint density at radius 1 is 1.14 bits per heavy atom. The van der Waals surface area contributed by atoms with Gasteiger partial charge >= 0.3 is 0 Å². The van der Waals surface area contributed by atoms with E-state index in [1.54, 1.807) is 12.1 Å². The molecular weight excluding hydrogens is 299 g/mol. The fourth-order valence-corrected chi connectivity index (χ4v) is 2.49. The topological polar surface area (TPSA) is 29.1 Å². The second kappa shape index (κ2) is 6.67. The SMILES string of the molecule is CCSc1ccccc1NC(=O)c1cc(F)c(F)c(F)c1. The summed E-state index contributed by atoms with van der Waals surface area (Å²) in [6.45, 7) is 1.97. The molecule has 0 heterocycles. The first-order chi connectivity index (χ1) is 10.0. The maximum Gasteiger partial charge on any atom is 0.255 e. The van der Waals surface area contributed by atoms with E-state index in [1.165, 1.54) is 11.8 Å². The monoisotopic (exact) mass is 311 g/mol. The van der Waals surface area contributed by atoms with Crippen LogP contribution in [0.3, 0.4) is 0 Å². The lowest BCUT2D eigenvalue weighted by molar-refractivity contribution is 0.102. The van der Waals surface area contributed by atoms with Gasteiger partial charge in [0.15, 0.2) is 17.5 Å². The number of carbonyl (C=O) groups excluding carboxylic acids is 1. The van der Waals surface area contributed by atoms with E-state index in [4.69, 9.17) is 0 Å². The van der Waals surface area contributed by atoms with Gasteiger partial charge in [0, 0.05) is 10.5 Å². The van der Waals surface area contributed by atoms with Crippen molar-refractivity contribution in [3.05, 3.63) is 59.4 Å². The van der Waals surface area contributed by atoms with Crippen LogP contribution in [0, 0.1) is 17.5 Å². The molecule has 6 heteroatoms. The number of hydrogen-bond donors (Lipinski definition) is 1. The Morgan fingerprint density at radius 3 is 2.38 bits per heavy atom. The number of rotatable bonds is 4. The van der Waals surface area contributed by atoms with E-state index in [-0.39, 0.29) is 5.56 Å². The van der Waals surface area contributed by atoms with Crippen molar-refractivity contribution in [2.24, 2.45) is 0 Å². The van der Waals surface area contributed by atoms with Gasteiger partial charge in [0.2, 0.25) is 0 Å². The van der Waals surface area contributed by atoms with Crippen LogP contribution in [0.15, 0.2) is 41.3 Å². The van der Waals surface area contributed by atoms with Crippen LogP contribution in [0.2, 0.25) is 0 Å². The lowest BCUT2D eigenvalue weighted by Crippen LogP contribution is -2.13. The van der Waals surface area contributed by atoms with Crippen molar-refractivity contribution in [3.8, 4) is 0 Å². The molecule has 2 rings (SSSR count). The number of benzene rings is 2. The molecule has 0 saturated heterocycles. The normalized spacial score (nSPS) is 10.5. The van der Waals surface area contributed by atoms with Gasteiger partial charge < -0.3 is 5.32 Å². The van der Waals surface area contributed by atoms with E-state index in [0.717, 1.165) is 10.6 Å². The summed E-state index contributed by atoms with van der Waals surface area (Å²) in [7, 11) is 0. The van der Waals surface area contributed by atoms with Gasteiger partial charge in [0.25, 0.3) is 5.91 Å². The minimum atomic E-state index is -1.59. The summed E-state index contributed by atoms with van der Waals surface area (Å²) < 4.78 is 39.2. The van der Waals surface area contributed by atoms with Gasteiger partial charge in [-0.05, 0) is 30.0 Å². The van der Waals surface area contributed by atoms with E-state index in [1.807, 2.05) is 19.1 Å². The summed E-state index contributed by atoms with van der Waals surface area (Å²) in [5, 5.41) is 2.57. The lowest BCUT2D eigenvalue weighted by atomic mass is 10.2. The first kappa shape index (κ1) is 15.4. The zero-order valence-corrected chi connectivity index (χ0v) is 11.9. The van der Waals surface area contributed by atoms with Crippen molar-refractivity contribution in [3.63, 3.8) is 0 Å². The maximum absolute atomic E-state index is 13.1. The minimum absolute atomic E-state index is 0.275. The molecule has 0 aliphatic heterocycles. The molecule has 21 heavy (non-hydrogen) atoms. The Kier molecular flexibility index (Phi) is 4.90. The number of anilines is 1. The first-order valence-corrected chi connectivity index (χ1v) is 7.19. The second-order valence-corrected chi connectivity index (χ2v) is 5.44. The molecule has 2 aromatic carbocycles. The molecule has 0 bridgehead atoms. The number of nitrogens with one attached hydrogen (secondary N) is 1. The van der Waals surface area contributed by atoms with Crippen molar-refractivity contribution < 1.29 is 18.0 Å². The Balaban J connectivity index is 2.26. The van der Waals surface area contributed by atoms with Crippen molar-refractivity contribution in [2.75, 3.05) is 11.1 Å². The third-order valence-corrected chi connectivity index (χ3v) is 3.64. The summed E-state index contributed by atoms with van der Waals surface area (Å²) in [6, 6.07) is 8.42. The number of para-hydroxylation sites is 1. The van der Waals surface area contributed by atoms with Crippen LogP contribution in [-0.4, -0.2) is 11.7 Å². The molecule has 0 spiro atoms. The average Bonchev–Trinajstić information content (AvgIpc) is 2.46. The first-order valence-electron chi connectivity index (χ1n) is 6.20. The minimum Gasteiger partial charge on any atom is -0.321 e. The van der Waals surface area contributed by atoms with Gasteiger partial charge in [-0.3, -0.25) is 4.79 Å². The third-order valence-electron chi connectivity index (χ3n) is 2.68. The summed E-state index contributed by atoms with van der Waals surface area (Å²) in [5.74, 6) is -4.26. The largest absolute Gasteiger partial charge is 0.321 e. The second-order valence-electron chi connectivity index (χ2n) is 4.14. The number of thioether (sulfide) groups is 1. The van der Waals surface area contributed by atoms with Crippen LogP contribution in [0.25, 0.3) is 0 Å². The van der Waals surface area contributed by atoms with E-state index < -0.39 is 23.4 Å². The maximum atomic E-state index is 13.1. The molecule has 0 aliphatic rings. The quantitative estimate of drug-likeness (QED) is 0.667. The van der Waals surface area contributed by atoms with E-state index >= 15 is 0 Å². The summed E-state index contributed by atoms with van der Waals surface area (Å²) in [4.78, 5) is 12.9. The van der Waals surface area contributed by atoms with E-state index in [0.29, 0.717) is 17.8 Å². The summed E-state index contributed by atoms with van der Waals surface area (Å²) >= 11 is 1.52. The smallest absolute Gasteiger partial charge is 0.255 e. The standard InChI is InChI=1S/C15H12F3NOS/c1-2-21-13-6-4-3-5-12(13)19-15(20)9-7-10(16)14(18)11(17)8-9/h3-8H,2H2,1H3,(H,19,20). The van der Waals surface area contributed by atoms with Gasteiger partial charge in [-0.1, -0.05) is 19.1 Å². The zero-order valence-electron chi connectivity index (χ0n) is 11.1. The van der Waals surface area contributed by atoms with Gasteiger partial charge in [0.1, 0.15) is 0 Å². The number of halogens is 3. The van der Waals surface area contributed by atoms with Crippen LogP contribution < -0.4 is 5.32 Å². The molecule has 0 aromatic heterocycles. The Labute approximate surface area is 124 Å². The molecule has 0 radical (unpaired) electrons. The predicted molar refractivity (Wildman–Crippen MR) is 77.1 cm³/mol.